The molecule has 2 atom stereocenters. The molecule has 0 saturated carbocycles. The number of fused-ring (bicyclic) bond motifs is 1. The Morgan fingerprint density at radius 1 is 1.18 bits per heavy atom. The SMILES string of the molecule is CC(=O)OC(C)n1ncc2c1CCCC2NS(=O)(=O)c1cccc(C(=O)c2ccccc2)c1N. The zero-order valence-electron chi connectivity index (χ0n) is 18.9. The fourth-order valence-corrected chi connectivity index (χ4v) is 5.68. The molecule has 0 saturated heterocycles. The summed E-state index contributed by atoms with van der Waals surface area (Å²) < 4.78 is 36.2. The van der Waals surface area contributed by atoms with Crippen molar-refractivity contribution < 1.29 is 22.7 Å². The number of nitrogens with two attached hydrogens (primary N) is 1. The predicted molar refractivity (Wildman–Crippen MR) is 125 cm³/mol. The van der Waals surface area contributed by atoms with Gasteiger partial charge >= 0.3 is 5.97 Å². The first-order valence-electron chi connectivity index (χ1n) is 10.9. The van der Waals surface area contributed by atoms with Crippen LogP contribution in [0.4, 0.5) is 5.69 Å². The van der Waals surface area contributed by atoms with E-state index in [9.17, 15) is 18.0 Å². The second-order valence-electron chi connectivity index (χ2n) is 8.18. The molecule has 0 bridgehead atoms. The van der Waals surface area contributed by atoms with Gasteiger partial charge in [-0.05, 0) is 38.3 Å². The van der Waals surface area contributed by atoms with Crippen molar-refractivity contribution in [1.82, 2.24) is 14.5 Å². The number of nitrogens with zero attached hydrogens (tertiary/aromatic N) is 2. The highest BCUT2D eigenvalue weighted by atomic mass is 32.2. The Morgan fingerprint density at radius 2 is 1.91 bits per heavy atom. The standard InChI is InChI=1S/C24H26N4O5S/c1-15(33-16(2)29)28-21-12-7-11-20(19(21)14-26-28)27-34(31,32)22-13-6-10-18(23(22)25)24(30)17-8-4-3-5-9-17/h3-6,8-10,13-15,20,27H,7,11-12,25H2,1-2H3. The Bertz CT molecular complexity index is 1330. The molecule has 1 heterocycles. The fraction of sp³-hybridized carbons (Fsp3) is 0.292. The van der Waals surface area contributed by atoms with Gasteiger partial charge < -0.3 is 10.5 Å². The van der Waals surface area contributed by atoms with E-state index in [1.807, 2.05) is 0 Å². The van der Waals surface area contributed by atoms with Crippen molar-refractivity contribution in [2.75, 3.05) is 5.73 Å². The van der Waals surface area contributed by atoms with Crippen LogP contribution in [0.3, 0.4) is 0 Å². The fourth-order valence-electron chi connectivity index (χ4n) is 4.28. The molecule has 1 aliphatic rings. The zero-order valence-corrected chi connectivity index (χ0v) is 19.7. The van der Waals surface area contributed by atoms with Crippen LogP contribution in [-0.2, 0) is 26.0 Å². The van der Waals surface area contributed by atoms with E-state index >= 15 is 0 Å². The Hall–Kier alpha value is -3.50. The molecular formula is C24H26N4O5S. The van der Waals surface area contributed by atoms with Crippen LogP contribution in [0, 0.1) is 0 Å². The summed E-state index contributed by atoms with van der Waals surface area (Å²) in [7, 11) is -4.05. The Kier molecular flexibility index (Phi) is 6.54. The molecular weight excluding hydrogens is 456 g/mol. The van der Waals surface area contributed by atoms with E-state index in [-0.39, 0.29) is 21.9 Å². The summed E-state index contributed by atoms with van der Waals surface area (Å²) in [5.74, 6) is -0.777. The number of hydrogen-bond acceptors (Lipinski definition) is 7. The summed E-state index contributed by atoms with van der Waals surface area (Å²) in [6.07, 6.45) is 2.97. The maximum Gasteiger partial charge on any atom is 0.304 e. The Morgan fingerprint density at radius 3 is 2.62 bits per heavy atom. The number of sulfonamides is 1. The van der Waals surface area contributed by atoms with E-state index in [0.717, 1.165) is 17.7 Å². The van der Waals surface area contributed by atoms with Gasteiger partial charge in [0.2, 0.25) is 10.0 Å². The minimum absolute atomic E-state index is 0.0981. The summed E-state index contributed by atoms with van der Waals surface area (Å²) in [4.78, 5) is 24.1. The number of ether oxygens (including phenoxy) is 1. The second kappa shape index (κ2) is 9.40. The molecule has 9 nitrogen and oxygen atoms in total. The lowest BCUT2D eigenvalue weighted by Crippen LogP contribution is -2.32. The zero-order chi connectivity index (χ0) is 24.5. The highest BCUT2D eigenvalue weighted by molar-refractivity contribution is 7.89. The molecule has 0 amide bonds. The number of ketones is 1. The van der Waals surface area contributed by atoms with Gasteiger partial charge in [0.1, 0.15) is 4.90 Å². The topological polar surface area (TPSA) is 133 Å². The lowest BCUT2D eigenvalue weighted by molar-refractivity contribution is -0.150. The van der Waals surface area contributed by atoms with Gasteiger partial charge in [0.15, 0.2) is 12.0 Å². The van der Waals surface area contributed by atoms with Crippen LogP contribution in [0.1, 0.15) is 66.1 Å². The highest BCUT2D eigenvalue weighted by Crippen LogP contribution is 2.33. The number of carbonyl (C=O) groups excluding carboxylic acids is 2. The smallest absolute Gasteiger partial charge is 0.304 e. The predicted octanol–water partition coefficient (Wildman–Crippen LogP) is 3.13. The van der Waals surface area contributed by atoms with Crippen molar-refractivity contribution in [3.05, 3.63) is 77.1 Å². The van der Waals surface area contributed by atoms with Crippen LogP contribution in [0.15, 0.2) is 59.6 Å². The maximum absolute atomic E-state index is 13.3. The summed E-state index contributed by atoms with van der Waals surface area (Å²) >= 11 is 0. The number of aromatic nitrogens is 2. The van der Waals surface area contributed by atoms with Crippen molar-refractivity contribution in [3.8, 4) is 0 Å². The molecule has 2 unspecified atom stereocenters. The highest BCUT2D eigenvalue weighted by Gasteiger charge is 2.31. The van der Waals surface area contributed by atoms with Gasteiger partial charge in [-0.3, -0.25) is 9.59 Å². The van der Waals surface area contributed by atoms with Gasteiger partial charge in [-0.1, -0.05) is 36.4 Å². The molecule has 0 aliphatic heterocycles. The number of carbonyl (C=O) groups is 2. The van der Waals surface area contributed by atoms with Crippen molar-refractivity contribution in [3.63, 3.8) is 0 Å². The summed E-state index contributed by atoms with van der Waals surface area (Å²) in [5, 5.41) is 4.33. The molecule has 178 valence electrons. The monoisotopic (exact) mass is 482 g/mol. The summed E-state index contributed by atoms with van der Waals surface area (Å²) in [5.41, 5.74) is 8.18. The molecule has 0 spiro atoms. The lowest BCUT2D eigenvalue weighted by Gasteiger charge is -2.25. The van der Waals surface area contributed by atoms with E-state index in [1.54, 1.807) is 48.1 Å². The van der Waals surface area contributed by atoms with Crippen LogP contribution in [-0.4, -0.2) is 30.0 Å². The first kappa shape index (κ1) is 23.7. The van der Waals surface area contributed by atoms with E-state index in [4.69, 9.17) is 10.5 Å². The van der Waals surface area contributed by atoms with Gasteiger partial charge in [0.25, 0.3) is 0 Å². The van der Waals surface area contributed by atoms with Gasteiger partial charge in [0, 0.05) is 29.3 Å². The summed E-state index contributed by atoms with van der Waals surface area (Å²) in [6, 6.07) is 12.4. The molecule has 2 aromatic carbocycles. The van der Waals surface area contributed by atoms with Crippen molar-refractivity contribution in [2.45, 2.75) is 50.3 Å². The van der Waals surface area contributed by atoms with E-state index in [2.05, 4.69) is 9.82 Å². The minimum Gasteiger partial charge on any atom is -0.440 e. The first-order chi connectivity index (χ1) is 16.2. The third-order valence-electron chi connectivity index (χ3n) is 5.83. The van der Waals surface area contributed by atoms with Crippen LogP contribution in [0.5, 0.6) is 0 Å². The van der Waals surface area contributed by atoms with Crippen molar-refractivity contribution >= 4 is 27.5 Å². The third-order valence-corrected chi connectivity index (χ3v) is 7.36. The Balaban J connectivity index is 1.63. The van der Waals surface area contributed by atoms with Gasteiger partial charge in [-0.15, -0.1) is 0 Å². The van der Waals surface area contributed by atoms with Crippen LogP contribution in [0.25, 0.3) is 0 Å². The van der Waals surface area contributed by atoms with Crippen LogP contribution >= 0.6 is 0 Å². The molecule has 3 aromatic rings. The first-order valence-corrected chi connectivity index (χ1v) is 12.4. The molecule has 4 rings (SSSR count). The van der Waals surface area contributed by atoms with Gasteiger partial charge in [0.05, 0.1) is 17.9 Å². The minimum atomic E-state index is -4.05. The molecule has 1 aliphatic carbocycles. The number of nitrogen functional groups attached to an aromatic ring is 1. The third kappa shape index (κ3) is 4.59. The van der Waals surface area contributed by atoms with Crippen LogP contribution < -0.4 is 10.5 Å². The molecule has 3 N–H and O–H groups in total. The normalized spacial score (nSPS) is 16.5. The average Bonchev–Trinajstić information content (AvgIpc) is 3.24. The number of benzene rings is 2. The molecule has 0 fully saturated rings. The lowest BCUT2D eigenvalue weighted by atomic mass is 9.94. The van der Waals surface area contributed by atoms with Crippen LogP contribution in [0.2, 0.25) is 0 Å². The second-order valence-corrected chi connectivity index (χ2v) is 9.86. The number of esters is 1. The van der Waals surface area contributed by atoms with Gasteiger partial charge in [-0.2, -0.15) is 5.10 Å². The molecule has 10 heteroatoms. The maximum atomic E-state index is 13.3. The van der Waals surface area contributed by atoms with E-state index in [0.29, 0.717) is 18.4 Å². The number of rotatable bonds is 7. The Labute approximate surface area is 198 Å². The van der Waals surface area contributed by atoms with Crippen molar-refractivity contribution in [1.29, 1.82) is 0 Å². The van der Waals surface area contributed by atoms with Crippen molar-refractivity contribution in [2.24, 2.45) is 0 Å². The number of nitrogens with one attached hydrogen (secondary N) is 1. The quantitative estimate of drug-likeness (QED) is 0.300. The average molecular weight is 483 g/mol. The largest absolute Gasteiger partial charge is 0.440 e. The molecule has 0 radical (unpaired) electrons. The van der Waals surface area contributed by atoms with Gasteiger partial charge in [-0.25, -0.2) is 17.8 Å². The summed E-state index contributed by atoms with van der Waals surface area (Å²) in [6.45, 7) is 3.03. The number of hydrogen-bond donors (Lipinski definition) is 2. The molecule has 34 heavy (non-hydrogen) atoms. The number of para-hydroxylation sites is 1. The van der Waals surface area contributed by atoms with E-state index in [1.165, 1.54) is 25.1 Å². The number of anilines is 1. The molecule has 1 aromatic heterocycles. The van der Waals surface area contributed by atoms with E-state index < -0.39 is 28.3 Å².